The van der Waals surface area contributed by atoms with Crippen molar-refractivity contribution in [1.29, 1.82) is 0 Å². The van der Waals surface area contributed by atoms with Gasteiger partial charge >= 0.3 is 46.1 Å². The van der Waals surface area contributed by atoms with Crippen molar-refractivity contribution in [3.8, 4) is 0 Å². The normalized spacial score (nSPS) is 14.9. The van der Waals surface area contributed by atoms with Crippen LogP contribution >= 0.6 is 0 Å². The molecule has 4 aromatic carbocycles. The van der Waals surface area contributed by atoms with Crippen LogP contribution < -0.4 is 5.11 Å². The first-order chi connectivity index (χ1) is 34.1. The number of rotatable bonds is 15. The SMILES string of the molecule is CC(/C=C(/C)[N-]c1c(C)cc(C)cc1C)=Nc1c(C)cc(C)cc1C.CC(=Nc1c(C)cc(C)cc1C)C([BH2-]OC(C)(C)C(C)(C)[O-])C(C)=Nc1c(C)cc(C)cc1C.CC1(C)O[BH2-]OC1(C)C.CCCCCC.[Mg+2].[Mg+2]. The summed E-state index contributed by atoms with van der Waals surface area (Å²) in [6, 6.07) is 17.4. The fourth-order valence-electron chi connectivity index (χ4n) is 9.41. The molecule has 0 atom stereocenters. The Morgan fingerprint density at radius 3 is 1.16 bits per heavy atom. The molecule has 1 heterocycles. The van der Waals surface area contributed by atoms with Crippen molar-refractivity contribution in [2.24, 2.45) is 15.0 Å². The van der Waals surface area contributed by atoms with E-state index in [1.807, 2.05) is 27.7 Å². The molecule has 1 fully saturated rings. The molecule has 0 unspecified atom stereocenters. The van der Waals surface area contributed by atoms with E-state index >= 15 is 0 Å². The fraction of sp³-hybridized carbons (Fsp3) is 0.547. The Morgan fingerprint density at radius 2 is 0.882 bits per heavy atom. The molecule has 0 amide bonds. The number of hydrogen-bond donors (Lipinski definition) is 0. The van der Waals surface area contributed by atoms with Gasteiger partial charge in [-0.05, 0) is 190 Å². The van der Waals surface area contributed by atoms with Gasteiger partial charge in [-0.15, -0.1) is 5.69 Å². The van der Waals surface area contributed by atoms with Gasteiger partial charge in [0.2, 0.25) is 7.69 Å². The van der Waals surface area contributed by atoms with Crippen LogP contribution in [0, 0.1) is 83.1 Å². The third kappa shape index (κ3) is 22.6. The zero-order valence-electron chi connectivity index (χ0n) is 53.4. The van der Waals surface area contributed by atoms with Gasteiger partial charge in [0.1, 0.15) is 0 Å². The molecule has 1 aliphatic heterocycles. The van der Waals surface area contributed by atoms with Gasteiger partial charge in [0.15, 0.2) is 0 Å². The van der Waals surface area contributed by atoms with Crippen LogP contribution in [0.5, 0.6) is 0 Å². The van der Waals surface area contributed by atoms with E-state index in [1.165, 1.54) is 70.2 Å². The van der Waals surface area contributed by atoms with Gasteiger partial charge < -0.3 is 24.4 Å². The average molecular weight is 1060 g/mol. The molecular weight excluding hydrogens is 959 g/mol. The summed E-state index contributed by atoms with van der Waals surface area (Å²) in [5, 5.41) is 17.6. The molecule has 0 aromatic heterocycles. The second kappa shape index (κ2) is 32.3. The molecule has 1 saturated heterocycles. The number of benzene rings is 4. The van der Waals surface area contributed by atoms with Crippen LogP contribution in [-0.2, 0) is 14.0 Å². The quantitative estimate of drug-likeness (QED) is 0.0672. The molecular formula is C64H100B2Mg2N4O4. The van der Waals surface area contributed by atoms with Crippen LogP contribution in [0.1, 0.15) is 189 Å². The molecule has 410 valence electrons. The zero-order valence-corrected chi connectivity index (χ0v) is 56.3. The summed E-state index contributed by atoms with van der Waals surface area (Å²) in [4.78, 5) is 15.0. The summed E-state index contributed by atoms with van der Waals surface area (Å²) in [5.41, 5.74) is 20.5. The molecule has 0 saturated carbocycles. The van der Waals surface area contributed by atoms with Crippen LogP contribution in [0.4, 0.5) is 22.7 Å². The van der Waals surface area contributed by atoms with E-state index in [4.69, 9.17) is 34.3 Å². The largest absolute Gasteiger partial charge is 2.00 e. The number of allylic oxidation sites excluding steroid dienone is 2. The molecule has 0 bridgehead atoms. The van der Waals surface area contributed by atoms with Crippen molar-refractivity contribution in [3.05, 3.63) is 132 Å². The van der Waals surface area contributed by atoms with E-state index in [-0.39, 0.29) is 63.1 Å². The van der Waals surface area contributed by atoms with Gasteiger partial charge in [-0.25, -0.2) is 0 Å². The standard InChI is InChI=1S/C29H43BN2O2.C23H29N2.C6H14BO2.C6H14.2Mg/c1-17-13-19(3)26(20(4)14-17)31-23(7)25(30-34-29(11,12)28(9,10)33)24(8)32-27-21(5)15-18(2)16-22(27)6;1-14-9-16(3)22(17(4)10-14)24-20(7)13-21(8)25-23-18(5)11-15(2)12-19(23)6;1-5(2)6(3,4)9-7-8-5;1-3-5-6-4-2;;/h13-16,25H,30H2,1-12H3;9-13H,1-8H3;7H2,1-4H3;3-6H2,1-2H3;;/q-2;2*-1;;2*+2/b;20-13-,25-21?;;;;. The summed E-state index contributed by atoms with van der Waals surface area (Å²) < 4.78 is 17.3. The van der Waals surface area contributed by atoms with E-state index < -0.39 is 26.4 Å². The maximum Gasteiger partial charge on any atom is 2.00 e. The van der Waals surface area contributed by atoms with Crippen LogP contribution in [-0.4, -0.2) is 101 Å². The van der Waals surface area contributed by atoms with E-state index in [0.29, 0.717) is 0 Å². The van der Waals surface area contributed by atoms with Gasteiger partial charge in [0.05, 0.1) is 24.5 Å². The van der Waals surface area contributed by atoms with Crippen molar-refractivity contribution in [3.63, 3.8) is 0 Å². The number of aryl methyl sites for hydroxylation is 12. The van der Waals surface area contributed by atoms with Crippen LogP contribution in [0.15, 0.2) is 75.3 Å². The second-order valence-corrected chi connectivity index (χ2v) is 23.6. The molecule has 1 aliphatic rings. The maximum atomic E-state index is 12.7. The molecule has 8 nitrogen and oxygen atoms in total. The number of hydrogen-bond acceptors (Lipinski definition) is 7. The smallest absolute Gasteiger partial charge is 0.848 e. The molecule has 0 radical (unpaired) electrons. The Labute approximate surface area is 498 Å². The fourth-order valence-corrected chi connectivity index (χ4v) is 9.41. The number of aliphatic imine (C=N–C) groups is 3. The predicted molar refractivity (Wildman–Crippen MR) is 339 cm³/mol. The first-order valence-electron chi connectivity index (χ1n) is 27.6. The van der Waals surface area contributed by atoms with Gasteiger partial charge in [-0.1, -0.05) is 160 Å². The third-order valence-corrected chi connectivity index (χ3v) is 15.3. The summed E-state index contributed by atoms with van der Waals surface area (Å²) in [5.74, 6) is -0.0261. The van der Waals surface area contributed by atoms with Crippen molar-refractivity contribution < 1.29 is 19.1 Å². The molecule has 4 aromatic rings. The number of nitrogens with zero attached hydrogens (tertiary/aromatic N) is 4. The first kappa shape index (κ1) is 72.9. The molecule has 0 N–H and O–H groups in total. The Balaban J connectivity index is 0.00000116. The zero-order chi connectivity index (χ0) is 56.7. The van der Waals surface area contributed by atoms with Crippen molar-refractivity contribution in [1.82, 2.24) is 0 Å². The van der Waals surface area contributed by atoms with E-state index in [2.05, 4.69) is 193 Å². The molecule has 0 aliphatic carbocycles. The Bertz CT molecular complexity index is 2460. The molecule has 5 rings (SSSR count). The summed E-state index contributed by atoms with van der Waals surface area (Å²) in [6.07, 6.45) is 7.59. The van der Waals surface area contributed by atoms with Crippen LogP contribution in [0.2, 0.25) is 5.82 Å². The molecule has 0 spiro atoms. The average Bonchev–Trinajstić information content (AvgIpc) is 3.51. The van der Waals surface area contributed by atoms with E-state index in [1.54, 1.807) is 13.8 Å². The summed E-state index contributed by atoms with van der Waals surface area (Å²) in [7, 11) is -1.61. The van der Waals surface area contributed by atoms with Gasteiger partial charge in [-0.2, -0.15) is 5.70 Å². The van der Waals surface area contributed by atoms with Crippen LogP contribution in [0.3, 0.4) is 0 Å². The minimum atomic E-state index is -1.20. The monoisotopic (exact) mass is 1060 g/mol. The van der Waals surface area contributed by atoms with Crippen LogP contribution in [0.25, 0.3) is 5.32 Å². The Kier molecular flexibility index (Phi) is 31.0. The Morgan fingerprint density at radius 1 is 0.579 bits per heavy atom. The van der Waals surface area contributed by atoms with E-state index in [0.717, 1.165) is 67.8 Å². The molecule has 12 heteroatoms. The van der Waals surface area contributed by atoms with Crippen molar-refractivity contribution in [2.45, 2.75) is 234 Å². The summed E-state index contributed by atoms with van der Waals surface area (Å²) >= 11 is 0. The second-order valence-electron chi connectivity index (χ2n) is 23.6. The molecule has 76 heavy (non-hydrogen) atoms. The minimum absolute atomic E-state index is 0. The van der Waals surface area contributed by atoms with Gasteiger partial charge in [-0.3, -0.25) is 15.0 Å². The van der Waals surface area contributed by atoms with Crippen molar-refractivity contribution >= 4 is 101 Å². The van der Waals surface area contributed by atoms with E-state index in [9.17, 15) is 5.11 Å². The predicted octanol–water partition coefficient (Wildman–Crippen LogP) is 15.9. The number of unbranched alkanes of at least 4 members (excludes halogenated alkanes) is 3. The Hall–Kier alpha value is -3.07. The van der Waals surface area contributed by atoms with Crippen molar-refractivity contribution in [2.75, 3.05) is 0 Å². The van der Waals surface area contributed by atoms with Gasteiger partial charge in [0, 0.05) is 22.5 Å². The van der Waals surface area contributed by atoms with Gasteiger partial charge in [0.25, 0.3) is 0 Å². The third-order valence-electron chi connectivity index (χ3n) is 15.3. The maximum absolute atomic E-state index is 12.7. The topological polar surface area (TPSA) is 102 Å². The summed E-state index contributed by atoms with van der Waals surface area (Å²) in [6.45, 7) is 53.5. The first-order valence-corrected chi connectivity index (χ1v) is 27.6. The minimum Gasteiger partial charge on any atom is -0.848 e.